The highest BCUT2D eigenvalue weighted by atomic mass is 16.6. The number of nitrogens with one attached hydrogen (secondary N) is 1. The Morgan fingerprint density at radius 2 is 1.90 bits per heavy atom. The number of nitrogens with zero attached hydrogens (tertiary/aromatic N) is 1. The Morgan fingerprint density at radius 1 is 1.17 bits per heavy atom. The number of ether oxygens (including phenoxy) is 3. The molecule has 0 aromatic heterocycles. The highest BCUT2D eigenvalue weighted by Crippen LogP contribution is 2.33. The molecule has 0 atom stereocenters. The van der Waals surface area contributed by atoms with Gasteiger partial charge in [0, 0.05) is 11.3 Å². The summed E-state index contributed by atoms with van der Waals surface area (Å²) in [6, 6.07) is 13.7. The van der Waals surface area contributed by atoms with Gasteiger partial charge in [-0.1, -0.05) is 12.1 Å². The lowest BCUT2D eigenvalue weighted by Crippen LogP contribution is -2.26. The number of rotatable bonds is 7. The predicted molar refractivity (Wildman–Crippen MR) is 108 cm³/mol. The summed E-state index contributed by atoms with van der Waals surface area (Å²) >= 11 is 0. The van der Waals surface area contributed by atoms with Gasteiger partial charge >= 0.3 is 5.97 Å². The predicted octanol–water partition coefficient (Wildman–Crippen LogP) is 1.93. The van der Waals surface area contributed by atoms with Gasteiger partial charge < -0.3 is 24.8 Å². The zero-order chi connectivity index (χ0) is 21.0. The maximum absolute atomic E-state index is 13.1. The molecule has 29 heavy (non-hydrogen) atoms. The molecule has 3 rings (SSSR count). The first-order chi connectivity index (χ1) is 13.9. The normalized spacial score (nSPS) is 13.4. The first-order valence-corrected chi connectivity index (χ1v) is 8.78. The molecule has 1 aliphatic heterocycles. The summed E-state index contributed by atoms with van der Waals surface area (Å²) in [6.07, 6.45) is 0. The number of anilines is 1. The molecule has 0 saturated carbocycles. The van der Waals surface area contributed by atoms with Crippen molar-refractivity contribution in [3.63, 3.8) is 0 Å². The van der Waals surface area contributed by atoms with Crippen LogP contribution in [0.1, 0.15) is 11.1 Å². The SMILES string of the molecule is COC(=O)COc1cccc(C2=C(OC)CN(c3ccc(C(=N)N)cc3)C2=O)c1. The fraction of sp³-hybridized carbons (Fsp3) is 0.190. The number of esters is 1. The minimum atomic E-state index is -0.496. The third kappa shape index (κ3) is 4.21. The van der Waals surface area contributed by atoms with Gasteiger partial charge in [0.15, 0.2) is 6.61 Å². The number of benzene rings is 2. The highest BCUT2D eigenvalue weighted by Gasteiger charge is 2.33. The Kier molecular flexibility index (Phi) is 5.82. The maximum Gasteiger partial charge on any atom is 0.343 e. The summed E-state index contributed by atoms with van der Waals surface area (Å²) in [5.41, 5.74) is 7.78. The van der Waals surface area contributed by atoms with E-state index >= 15 is 0 Å². The third-order valence-corrected chi connectivity index (χ3v) is 4.48. The van der Waals surface area contributed by atoms with Crippen LogP contribution in [0.4, 0.5) is 5.69 Å². The molecular weight excluding hydrogens is 374 g/mol. The van der Waals surface area contributed by atoms with Crippen LogP contribution in [-0.2, 0) is 19.1 Å². The van der Waals surface area contributed by atoms with Crippen LogP contribution in [0.25, 0.3) is 5.57 Å². The fourth-order valence-electron chi connectivity index (χ4n) is 2.97. The molecule has 2 aromatic rings. The van der Waals surface area contributed by atoms with Crippen molar-refractivity contribution in [3.05, 3.63) is 65.4 Å². The number of nitrogen functional groups attached to an aromatic ring is 1. The monoisotopic (exact) mass is 395 g/mol. The molecule has 0 bridgehead atoms. The van der Waals surface area contributed by atoms with Crippen LogP contribution < -0.4 is 15.4 Å². The Bertz CT molecular complexity index is 982. The van der Waals surface area contributed by atoms with Crippen LogP contribution in [-0.4, -0.2) is 45.1 Å². The molecule has 1 amide bonds. The van der Waals surface area contributed by atoms with Gasteiger partial charge in [-0.25, -0.2) is 4.79 Å². The topological polar surface area (TPSA) is 115 Å². The van der Waals surface area contributed by atoms with Gasteiger partial charge in [0.2, 0.25) is 0 Å². The lowest BCUT2D eigenvalue weighted by Gasteiger charge is -2.17. The summed E-state index contributed by atoms with van der Waals surface area (Å²) in [4.78, 5) is 26.0. The Labute approximate surface area is 168 Å². The van der Waals surface area contributed by atoms with E-state index in [0.717, 1.165) is 0 Å². The quantitative estimate of drug-likeness (QED) is 0.421. The summed E-state index contributed by atoms with van der Waals surface area (Å²) < 4.78 is 15.4. The van der Waals surface area contributed by atoms with Gasteiger partial charge in [0.1, 0.15) is 17.3 Å². The minimum Gasteiger partial charge on any atom is -0.498 e. The Balaban J connectivity index is 1.86. The molecule has 0 saturated heterocycles. The van der Waals surface area contributed by atoms with Crippen molar-refractivity contribution in [2.24, 2.45) is 5.73 Å². The molecule has 8 heteroatoms. The number of hydrogen-bond donors (Lipinski definition) is 2. The van der Waals surface area contributed by atoms with Gasteiger partial charge in [-0.2, -0.15) is 0 Å². The van der Waals surface area contributed by atoms with Gasteiger partial charge in [0.05, 0.1) is 26.3 Å². The van der Waals surface area contributed by atoms with Crippen LogP contribution >= 0.6 is 0 Å². The standard InChI is InChI=1S/C21H21N3O5/c1-27-17-11-24(15-8-6-13(7-9-15)20(22)23)21(26)19(17)14-4-3-5-16(10-14)29-12-18(25)28-2/h3-10H,11-12H2,1-2H3,(H3,22,23). The molecular formula is C21H21N3O5. The van der Waals surface area contributed by atoms with E-state index in [-0.39, 0.29) is 24.9 Å². The summed E-state index contributed by atoms with van der Waals surface area (Å²) in [6.45, 7) is 0.0516. The maximum atomic E-state index is 13.1. The zero-order valence-corrected chi connectivity index (χ0v) is 16.1. The lowest BCUT2D eigenvalue weighted by atomic mass is 10.1. The average molecular weight is 395 g/mol. The van der Waals surface area contributed by atoms with Crippen molar-refractivity contribution in [1.29, 1.82) is 5.41 Å². The van der Waals surface area contributed by atoms with E-state index in [0.29, 0.717) is 33.9 Å². The Morgan fingerprint density at radius 3 is 2.52 bits per heavy atom. The zero-order valence-electron chi connectivity index (χ0n) is 16.1. The van der Waals surface area contributed by atoms with E-state index in [2.05, 4.69) is 4.74 Å². The molecule has 1 heterocycles. The number of methoxy groups -OCH3 is 2. The molecule has 0 spiro atoms. The molecule has 0 aliphatic carbocycles. The molecule has 150 valence electrons. The minimum absolute atomic E-state index is 0.0375. The van der Waals surface area contributed by atoms with E-state index in [1.165, 1.54) is 14.2 Å². The van der Waals surface area contributed by atoms with Gasteiger partial charge in [-0.3, -0.25) is 10.2 Å². The number of carbonyl (C=O) groups is 2. The van der Waals surface area contributed by atoms with E-state index in [4.69, 9.17) is 20.6 Å². The summed E-state index contributed by atoms with van der Waals surface area (Å²) in [5, 5.41) is 7.48. The van der Waals surface area contributed by atoms with Gasteiger partial charge in [-0.15, -0.1) is 0 Å². The lowest BCUT2D eigenvalue weighted by molar-refractivity contribution is -0.142. The van der Waals surface area contributed by atoms with E-state index in [1.54, 1.807) is 53.4 Å². The van der Waals surface area contributed by atoms with Gasteiger partial charge in [-0.05, 0) is 42.0 Å². The molecule has 8 nitrogen and oxygen atoms in total. The molecule has 0 unspecified atom stereocenters. The number of hydrogen-bond acceptors (Lipinski definition) is 6. The van der Waals surface area contributed by atoms with Crippen LogP contribution in [0, 0.1) is 5.41 Å². The number of amidine groups is 1. The van der Waals surface area contributed by atoms with Crippen molar-refractivity contribution in [1.82, 2.24) is 0 Å². The van der Waals surface area contributed by atoms with Crippen LogP contribution in [0.15, 0.2) is 54.3 Å². The highest BCUT2D eigenvalue weighted by molar-refractivity contribution is 6.29. The van der Waals surface area contributed by atoms with Crippen molar-refractivity contribution < 1.29 is 23.8 Å². The first-order valence-electron chi connectivity index (χ1n) is 8.78. The molecule has 2 aromatic carbocycles. The fourth-order valence-corrected chi connectivity index (χ4v) is 2.97. The molecule has 0 radical (unpaired) electrons. The second-order valence-corrected chi connectivity index (χ2v) is 6.25. The summed E-state index contributed by atoms with van der Waals surface area (Å²) in [5.74, 6) is 0.208. The van der Waals surface area contributed by atoms with E-state index < -0.39 is 5.97 Å². The second kappa shape index (κ2) is 8.47. The largest absolute Gasteiger partial charge is 0.498 e. The number of amides is 1. The van der Waals surface area contributed by atoms with Crippen LogP contribution in [0.2, 0.25) is 0 Å². The van der Waals surface area contributed by atoms with Crippen molar-refractivity contribution in [3.8, 4) is 5.75 Å². The van der Waals surface area contributed by atoms with Crippen molar-refractivity contribution >= 4 is 29.0 Å². The van der Waals surface area contributed by atoms with Crippen molar-refractivity contribution in [2.45, 2.75) is 0 Å². The number of carbonyl (C=O) groups excluding carboxylic acids is 2. The number of nitrogens with two attached hydrogens (primary N) is 1. The summed E-state index contributed by atoms with van der Waals surface area (Å²) in [7, 11) is 2.80. The molecule has 3 N–H and O–H groups in total. The molecule has 0 fully saturated rings. The average Bonchev–Trinajstić information content (AvgIpc) is 3.08. The smallest absolute Gasteiger partial charge is 0.343 e. The van der Waals surface area contributed by atoms with E-state index in [9.17, 15) is 9.59 Å². The van der Waals surface area contributed by atoms with Crippen molar-refractivity contribution in [2.75, 3.05) is 32.3 Å². The second-order valence-electron chi connectivity index (χ2n) is 6.25. The Hall–Kier alpha value is -3.81. The first kappa shape index (κ1) is 19.9. The third-order valence-electron chi connectivity index (χ3n) is 4.48. The molecule has 1 aliphatic rings. The van der Waals surface area contributed by atoms with Crippen LogP contribution in [0.3, 0.4) is 0 Å². The van der Waals surface area contributed by atoms with Gasteiger partial charge in [0.25, 0.3) is 5.91 Å². The van der Waals surface area contributed by atoms with Crippen LogP contribution in [0.5, 0.6) is 5.75 Å². The van der Waals surface area contributed by atoms with E-state index in [1.807, 2.05) is 0 Å².